The maximum Gasteiger partial charge on any atom is 0.174 e. The highest BCUT2D eigenvalue weighted by Gasteiger charge is 2.60. The standard InChI is InChI=1S/C15H17NO4/c1-16-10-6-7-2-3-8(17)13-11(7)12-14(20-13)9(18)4-5-15(10,12)19/h2-3,10,12,14,16-17,19H,4-6H2,1H3/t10-,12+,14+,15-/m1/s1. The van der Waals surface area contributed by atoms with Crippen molar-refractivity contribution in [1.29, 1.82) is 0 Å². The molecule has 1 aromatic rings. The number of rotatable bonds is 1. The van der Waals surface area contributed by atoms with Crippen LogP contribution < -0.4 is 10.1 Å². The Morgan fingerprint density at radius 3 is 3.00 bits per heavy atom. The molecule has 20 heavy (non-hydrogen) atoms. The number of ketones is 1. The topological polar surface area (TPSA) is 78.8 Å². The van der Waals surface area contributed by atoms with Gasteiger partial charge in [-0.2, -0.15) is 0 Å². The zero-order chi connectivity index (χ0) is 14.1. The molecule has 0 bridgehead atoms. The van der Waals surface area contributed by atoms with Crippen LogP contribution in [0.5, 0.6) is 11.5 Å². The average Bonchev–Trinajstić information content (AvgIpc) is 2.85. The number of hydrogen-bond donors (Lipinski definition) is 3. The van der Waals surface area contributed by atoms with Crippen LogP contribution in [0, 0.1) is 0 Å². The van der Waals surface area contributed by atoms with E-state index in [0.29, 0.717) is 25.0 Å². The summed E-state index contributed by atoms with van der Waals surface area (Å²) in [6, 6.07) is 3.37. The van der Waals surface area contributed by atoms with Crippen LogP contribution in [-0.2, 0) is 11.2 Å². The minimum absolute atomic E-state index is 0.0120. The number of carbonyl (C=O) groups is 1. The molecule has 5 heteroatoms. The van der Waals surface area contributed by atoms with Crippen LogP contribution in [0.3, 0.4) is 0 Å². The third kappa shape index (κ3) is 1.27. The lowest BCUT2D eigenvalue weighted by molar-refractivity contribution is -0.140. The lowest BCUT2D eigenvalue weighted by Gasteiger charge is -2.48. The largest absolute Gasteiger partial charge is 0.504 e. The molecular weight excluding hydrogens is 258 g/mol. The first-order valence-electron chi connectivity index (χ1n) is 7.00. The molecule has 106 valence electrons. The fourth-order valence-electron chi connectivity index (χ4n) is 4.14. The first-order chi connectivity index (χ1) is 9.56. The molecule has 0 radical (unpaired) electrons. The van der Waals surface area contributed by atoms with E-state index < -0.39 is 11.7 Å². The van der Waals surface area contributed by atoms with Gasteiger partial charge in [-0.15, -0.1) is 0 Å². The fourth-order valence-corrected chi connectivity index (χ4v) is 4.14. The van der Waals surface area contributed by atoms with E-state index in [9.17, 15) is 15.0 Å². The monoisotopic (exact) mass is 275 g/mol. The SMILES string of the molecule is CN[C@@H]1Cc2ccc(O)c3c2[C@H]2[C@@H](O3)C(=O)CC[C@@]12O. The van der Waals surface area contributed by atoms with E-state index in [1.165, 1.54) is 0 Å². The Bertz CT molecular complexity index is 614. The molecule has 4 atom stereocenters. The van der Waals surface area contributed by atoms with E-state index in [0.717, 1.165) is 11.1 Å². The van der Waals surface area contributed by atoms with E-state index in [1.807, 2.05) is 13.1 Å². The van der Waals surface area contributed by atoms with Crippen molar-refractivity contribution < 1.29 is 19.7 Å². The summed E-state index contributed by atoms with van der Waals surface area (Å²) in [6.45, 7) is 0. The number of hydrogen-bond acceptors (Lipinski definition) is 5. The number of phenolic OH excluding ortho intramolecular Hbond substituents is 1. The molecule has 1 aromatic carbocycles. The van der Waals surface area contributed by atoms with Gasteiger partial charge < -0.3 is 20.3 Å². The van der Waals surface area contributed by atoms with Crippen LogP contribution in [0.15, 0.2) is 12.1 Å². The van der Waals surface area contributed by atoms with E-state index in [4.69, 9.17) is 4.74 Å². The van der Waals surface area contributed by atoms with Gasteiger partial charge in [0.2, 0.25) is 0 Å². The third-order valence-electron chi connectivity index (χ3n) is 5.13. The Hall–Kier alpha value is -1.59. The van der Waals surface area contributed by atoms with Gasteiger partial charge in [0.1, 0.15) is 0 Å². The molecule has 0 aromatic heterocycles. The summed E-state index contributed by atoms with van der Waals surface area (Å²) in [7, 11) is 1.83. The second-order valence-electron chi connectivity index (χ2n) is 6.01. The second-order valence-corrected chi connectivity index (χ2v) is 6.01. The molecule has 5 nitrogen and oxygen atoms in total. The van der Waals surface area contributed by atoms with E-state index in [2.05, 4.69) is 5.32 Å². The van der Waals surface area contributed by atoms with Gasteiger partial charge in [-0.25, -0.2) is 0 Å². The van der Waals surface area contributed by atoms with E-state index in [1.54, 1.807) is 6.07 Å². The highest BCUT2D eigenvalue weighted by molar-refractivity contribution is 5.88. The molecular formula is C15H17NO4. The number of aliphatic hydroxyl groups is 1. The number of nitrogens with one attached hydrogen (secondary N) is 1. The van der Waals surface area contributed by atoms with Crippen LogP contribution in [0.2, 0.25) is 0 Å². The number of aromatic hydroxyl groups is 1. The van der Waals surface area contributed by atoms with Crippen LogP contribution in [-0.4, -0.2) is 40.8 Å². The van der Waals surface area contributed by atoms with Gasteiger partial charge in [-0.3, -0.25) is 4.79 Å². The summed E-state index contributed by atoms with van der Waals surface area (Å²) in [5.41, 5.74) is 0.889. The molecule has 3 N–H and O–H groups in total. The van der Waals surface area contributed by atoms with Crippen molar-refractivity contribution in [2.24, 2.45) is 0 Å². The number of likely N-dealkylation sites (N-methyl/N-ethyl adjacent to an activating group) is 1. The lowest BCUT2D eigenvalue weighted by Crippen LogP contribution is -2.62. The molecule has 0 amide bonds. The summed E-state index contributed by atoms with van der Waals surface area (Å²) in [6.07, 6.45) is 0.777. The van der Waals surface area contributed by atoms with Gasteiger partial charge in [0.25, 0.3) is 0 Å². The molecule has 4 rings (SSSR count). The van der Waals surface area contributed by atoms with Gasteiger partial charge in [-0.1, -0.05) is 6.07 Å². The minimum atomic E-state index is -0.987. The zero-order valence-electron chi connectivity index (χ0n) is 11.2. The molecule has 0 saturated heterocycles. The quantitative estimate of drug-likeness (QED) is 0.694. The van der Waals surface area contributed by atoms with Gasteiger partial charge in [0.05, 0.1) is 11.5 Å². The van der Waals surface area contributed by atoms with E-state index >= 15 is 0 Å². The predicted molar refractivity (Wildman–Crippen MR) is 71.0 cm³/mol. The average molecular weight is 275 g/mol. The maximum absolute atomic E-state index is 12.1. The number of benzene rings is 1. The Kier molecular flexibility index (Phi) is 2.28. The van der Waals surface area contributed by atoms with Gasteiger partial charge in [-0.05, 0) is 31.5 Å². The number of phenols is 1. The summed E-state index contributed by atoms with van der Waals surface area (Å²) < 4.78 is 5.72. The van der Waals surface area contributed by atoms with Crippen LogP contribution >= 0.6 is 0 Å². The molecule has 1 heterocycles. The fraction of sp³-hybridized carbons (Fsp3) is 0.533. The molecule has 3 aliphatic rings. The minimum Gasteiger partial charge on any atom is -0.504 e. The molecule has 1 fully saturated rings. The number of carbonyl (C=O) groups excluding carboxylic acids is 1. The number of ether oxygens (including phenoxy) is 1. The summed E-state index contributed by atoms with van der Waals surface area (Å²) >= 11 is 0. The van der Waals surface area contributed by atoms with Crippen LogP contribution in [0.4, 0.5) is 0 Å². The zero-order valence-corrected chi connectivity index (χ0v) is 11.2. The van der Waals surface area contributed by atoms with Crippen molar-refractivity contribution in [3.63, 3.8) is 0 Å². The second kappa shape index (κ2) is 3.74. The Balaban J connectivity index is 1.97. The van der Waals surface area contributed by atoms with Gasteiger partial charge in [0, 0.05) is 18.0 Å². The summed E-state index contributed by atoms with van der Waals surface area (Å²) in [5.74, 6) is 0.0852. The highest BCUT2D eigenvalue weighted by atomic mass is 16.5. The first-order valence-corrected chi connectivity index (χ1v) is 7.00. The molecule has 1 aliphatic heterocycles. The van der Waals surface area contributed by atoms with Crippen molar-refractivity contribution in [2.75, 3.05) is 7.05 Å². The Labute approximate surface area is 116 Å². The smallest absolute Gasteiger partial charge is 0.174 e. The van der Waals surface area contributed by atoms with Crippen LogP contribution in [0.1, 0.15) is 29.9 Å². The van der Waals surface area contributed by atoms with Crippen molar-refractivity contribution in [2.45, 2.75) is 42.9 Å². The molecule has 0 unspecified atom stereocenters. The van der Waals surface area contributed by atoms with Crippen molar-refractivity contribution in [1.82, 2.24) is 5.32 Å². The maximum atomic E-state index is 12.1. The van der Waals surface area contributed by atoms with Gasteiger partial charge in [0.15, 0.2) is 23.4 Å². The summed E-state index contributed by atoms with van der Waals surface area (Å²) in [4.78, 5) is 12.1. The molecule has 2 aliphatic carbocycles. The van der Waals surface area contributed by atoms with Crippen molar-refractivity contribution >= 4 is 5.78 Å². The highest BCUT2D eigenvalue weighted by Crippen LogP contribution is 2.57. The van der Waals surface area contributed by atoms with Gasteiger partial charge >= 0.3 is 0 Å². The predicted octanol–water partition coefficient (Wildman–Crippen LogP) is 0.475. The van der Waals surface area contributed by atoms with Crippen molar-refractivity contribution in [3.05, 3.63) is 23.3 Å². The lowest BCUT2D eigenvalue weighted by atomic mass is 9.62. The van der Waals surface area contributed by atoms with Crippen LogP contribution in [0.25, 0.3) is 0 Å². The first kappa shape index (κ1) is 12.2. The Morgan fingerprint density at radius 2 is 2.25 bits per heavy atom. The molecule has 0 spiro atoms. The Morgan fingerprint density at radius 1 is 1.45 bits per heavy atom. The van der Waals surface area contributed by atoms with Crippen molar-refractivity contribution in [3.8, 4) is 11.5 Å². The molecule has 1 saturated carbocycles. The third-order valence-corrected chi connectivity index (χ3v) is 5.13. The van der Waals surface area contributed by atoms with E-state index in [-0.39, 0.29) is 23.5 Å². The summed E-state index contributed by atoms with van der Waals surface area (Å²) in [5, 5.41) is 24.3. The number of Topliss-reactive ketones (excluding diaryl/α,β-unsaturated/α-hetero) is 1. The normalized spacial score (nSPS) is 37.5.